The van der Waals surface area contributed by atoms with Crippen molar-refractivity contribution < 1.29 is 4.79 Å². The van der Waals surface area contributed by atoms with E-state index in [9.17, 15) is 4.79 Å². The number of hydrogen-bond donors (Lipinski definition) is 1. The molecule has 0 spiro atoms. The highest BCUT2D eigenvalue weighted by atomic mass is 16.2. The Balaban J connectivity index is 1.75. The van der Waals surface area contributed by atoms with Crippen LogP contribution in [0.25, 0.3) is 0 Å². The third-order valence-corrected chi connectivity index (χ3v) is 4.35. The Labute approximate surface area is 98.6 Å². The quantitative estimate of drug-likeness (QED) is 0.770. The molecule has 16 heavy (non-hydrogen) atoms. The molecule has 2 rings (SSSR count). The third-order valence-electron chi connectivity index (χ3n) is 4.35. The zero-order chi connectivity index (χ0) is 11.5. The minimum absolute atomic E-state index is 0.223. The average Bonchev–Trinajstić information content (AvgIpc) is 2.87. The Morgan fingerprint density at radius 3 is 2.50 bits per heavy atom. The molecule has 2 aliphatic carbocycles. The first kappa shape index (κ1) is 11.9. The number of amides is 1. The lowest BCUT2D eigenvalue weighted by Gasteiger charge is -2.25. The van der Waals surface area contributed by atoms with Crippen LogP contribution in [0, 0.1) is 11.8 Å². The molecule has 0 unspecified atom stereocenters. The van der Waals surface area contributed by atoms with Gasteiger partial charge < -0.3 is 5.32 Å². The van der Waals surface area contributed by atoms with E-state index in [1.807, 2.05) is 0 Å². The van der Waals surface area contributed by atoms with Gasteiger partial charge in [-0.1, -0.05) is 20.3 Å². The Kier molecular flexibility index (Phi) is 3.85. The number of rotatable bonds is 5. The molecule has 0 radical (unpaired) electrons. The Bertz CT molecular complexity index is 250. The first-order chi connectivity index (χ1) is 7.72. The standard InChI is InChI=1S/C13H24N2O/c1-3-15(4-2)9-13(16)14-12-8-10-5-6-11(12)7-10/h10-12H,3-9H2,1-2H3,(H,14,16)/t10-,11+,12+/m1/s1. The molecule has 3 heteroatoms. The summed E-state index contributed by atoms with van der Waals surface area (Å²) < 4.78 is 0. The maximum absolute atomic E-state index is 11.9. The van der Waals surface area contributed by atoms with Gasteiger partial charge in [0.2, 0.25) is 5.91 Å². The van der Waals surface area contributed by atoms with Crippen molar-refractivity contribution in [2.24, 2.45) is 11.8 Å². The smallest absolute Gasteiger partial charge is 0.234 e. The summed E-state index contributed by atoms with van der Waals surface area (Å²) in [5.41, 5.74) is 0. The second-order valence-electron chi connectivity index (χ2n) is 5.31. The topological polar surface area (TPSA) is 32.3 Å². The molecule has 2 saturated carbocycles. The van der Waals surface area contributed by atoms with Gasteiger partial charge in [0, 0.05) is 6.04 Å². The molecule has 1 amide bonds. The monoisotopic (exact) mass is 224 g/mol. The van der Waals surface area contributed by atoms with E-state index in [1.54, 1.807) is 0 Å². The van der Waals surface area contributed by atoms with Crippen LogP contribution in [0.15, 0.2) is 0 Å². The second kappa shape index (κ2) is 5.17. The summed E-state index contributed by atoms with van der Waals surface area (Å²) in [5.74, 6) is 1.91. The van der Waals surface area contributed by atoms with Crippen molar-refractivity contribution in [3.63, 3.8) is 0 Å². The van der Waals surface area contributed by atoms with Gasteiger partial charge in [0.15, 0.2) is 0 Å². The van der Waals surface area contributed by atoms with Gasteiger partial charge in [0.1, 0.15) is 0 Å². The molecule has 0 saturated heterocycles. The Hall–Kier alpha value is -0.570. The van der Waals surface area contributed by atoms with Crippen LogP contribution in [-0.2, 0) is 4.79 Å². The number of nitrogens with one attached hydrogen (secondary N) is 1. The van der Waals surface area contributed by atoms with Crippen LogP contribution in [0.4, 0.5) is 0 Å². The third kappa shape index (κ3) is 2.57. The van der Waals surface area contributed by atoms with E-state index in [0.29, 0.717) is 12.6 Å². The number of likely N-dealkylation sites (N-methyl/N-ethyl adjacent to an activating group) is 1. The number of nitrogens with zero attached hydrogens (tertiary/aromatic N) is 1. The average molecular weight is 224 g/mol. The van der Waals surface area contributed by atoms with Gasteiger partial charge >= 0.3 is 0 Å². The molecule has 2 bridgehead atoms. The SMILES string of the molecule is CCN(CC)CC(=O)N[C@H]1C[C@@H]2CC[C@H]1C2. The predicted octanol–water partition coefficient (Wildman–Crippen LogP) is 1.63. The van der Waals surface area contributed by atoms with E-state index in [-0.39, 0.29) is 5.91 Å². The highest BCUT2D eigenvalue weighted by Gasteiger charge is 2.40. The fourth-order valence-electron chi connectivity index (χ4n) is 3.32. The van der Waals surface area contributed by atoms with Crippen LogP contribution < -0.4 is 5.32 Å². The largest absolute Gasteiger partial charge is 0.352 e. The van der Waals surface area contributed by atoms with Gasteiger partial charge in [-0.2, -0.15) is 0 Å². The highest BCUT2D eigenvalue weighted by molar-refractivity contribution is 5.78. The molecule has 2 aliphatic rings. The minimum Gasteiger partial charge on any atom is -0.352 e. The second-order valence-corrected chi connectivity index (χ2v) is 5.31. The van der Waals surface area contributed by atoms with Crippen LogP contribution in [0.2, 0.25) is 0 Å². The van der Waals surface area contributed by atoms with E-state index in [4.69, 9.17) is 0 Å². The van der Waals surface area contributed by atoms with Crippen molar-refractivity contribution in [3.05, 3.63) is 0 Å². The summed E-state index contributed by atoms with van der Waals surface area (Å²) in [4.78, 5) is 14.0. The molecule has 1 N–H and O–H groups in total. The van der Waals surface area contributed by atoms with Gasteiger partial charge in [-0.15, -0.1) is 0 Å². The van der Waals surface area contributed by atoms with Gasteiger partial charge in [0.05, 0.1) is 6.54 Å². The maximum atomic E-state index is 11.9. The maximum Gasteiger partial charge on any atom is 0.234 e. The first-order valence-electron chi connectivity index (χ1n) is 6.74. The van der Waals surface area contributed by atoms with E-state index < -0.39 is 0 Å². The van der Waals surface area contributed by atoms with Gasteiger partial charge in [-0.3, -0.25) is 9.69 Å². The van der Waals surface area contributed by atoms with E-state index in [1.165, 1.54) is 25.7 Å². The fourth-order valence-corrected chi connectivity index (χ4v) is 3.32. The molecule has 2 fully saturated rings. The number of fused-ring (bicyclic) bond motifs is 2. The Morgan fingerprint density at radius 1 is 1.25 bits per heavy atom. The number of carbonyl (C=O) groups is 1. The number of hydrogen-bond acceptors (Lipinski definition) is 2. The molecule has 0 heterocycles. The summed E-state index contributed by atoms with van der Waals surface area (Å²) in [6.45, 7) is 6.70. The van der Waals surface area contributed by atoms with Gasteiger partial charge in [0.25, 0.3) is 0 Å². The lowest BCUT2D eigenvalue weighted by molar-refractivity contribution is -0.123. The normalized spacial score (nSPS) is 32.3. The zero-order valence-corrected chi connectivity index (χ0v) is 10.5. The molecule has 92 valence electrons. The zero-order valence-electron chi connectivity index (χ0n) is 10.5. The van der Waals surface area contributed by atoms with Crippen molar-refractivity contribution in [3.8, 4) is 0 Å². The lowest BCUT2D eigenvalue weighted by atomic mass is 9.95. The van der Waals surface area contributed by atoms with E-state index in [0.717, 1.165) is 24.9 Å². The van der Waals surface area contributed by atoms with Crippen molar-refractivity contribution in [2.75, 3.05) is 19.6 Å². The summed E-state index contributed by atoms with van der Waals surface area (Å²) in [6, 6.07) is 0.488. The number of carbonyl (C=O) groups excluding carboxylic acids is 1. The van der Waals surface area contributed by atoms with Crippen molar-refractivity contribution >= 4 is 5.91 Å². The lowest BCUT2D eigenvalue weighted by Crippen LogP contribution is -2.44. The minimum atomic E-state index is 0.223. The predicted molar refractivity (Wildman–Crippen MR) is 65.2 cm³/mol. The van der Waals surface area contributed by atoms with E-state index in [2.05, 4.69) is 24.1 Å². The fraction of sp³-hybridized carbons (Fsp3) is 0.923. The van der Waals surface area contributed by atoms with Crippen molar-refractivity contribution in [2.45, 2.75) is 45.6 Å². The first-order valence-corrected chi connectivity index (χ1v) is 6.74. The van der Waals surface area contributed by atoms with Gasteiger partial charge in [-0.05, 0) is 44.2 Å². The molecule has 3 nitrogen and oxygen atoms in total. The summed E-state index contributed by atoms with van der Waals surface area (Å²) in [5, 5.41) is 3.23. The van der Waals surface area contributed by atoms with Crippen LogP contribution >= 0.6 is 0 Å². The molecular weight excluding hydrogens is 200 g/mol. The van der Waals surface area contributed by atoms with Crippen molar-refractivity contribution in [1.82, 2.24) is 10.2 Å². The summed E-state index contributed by atoms with van der Waals surface area (Å²) >= 11 is 0. The molecule has 0 aromatic heterocycles. The molecule has 3 atom stereocenters. The molecule has 0 aliphatic heterocycles. The summed E-state index contributed by atoms with van der Waals surface area (Å²) in [7, 11) is 0. The Morgan fingerprint density at radius 2 is 2.00 bits per heavy atom. The van der Waals surface area contributed by atoms with Crippen LogP contribution in [0.3, 0.4) is 0 Å². The molecule has 0 aromatic rings. The van der Waals surface area contributed by atoms with Crippen molar-refractivity contribution in [1.29, 1.82) is 0 Å². The molecule has 0 aromatic carbocycles. The van der Waals surface area contributed by atoms with E-state index >= 15 is 0 Å². The van der Waals surface area contributed by atoms with Crippen LogP contribution in [-0.4, -0.2) is 36.5 Å². The molecular formula is C13H24N2O. The highest BCUT2D eigenvalue weighted by Crippen LogP contribution is 2.44. The summed E-state index contributed by atoms with van der Waals surface area (Å²) in [6.07, 6.45) is 5.32. The van der Waals surface area contributed by atoms with Crippen LogP contribution in [0.1, 0.15) is 39.5 Å². The van der Waals surface area contributed by atoms with Gasteiger partial charge in [-0.25, -0.2) is 0 Å². The van der Waals surface area contributed by atoms with Crippen LogP contribution in [0.5, 0.6) is 0 Å².